The van der Waals surface area contributed by atoms with Gasteiger partial charge in [0.05, 0.1) is 25.6 Å². The number of hydrogen-bond donors (Lipinski definition) is 2. The zero-order valence-corrected chi connectivity index (χ0v) is 17.4. The van der Waals surface area contributed by atoms with Crippen LogP contribution in [0.1, 0.15) is 30.6 Å². The molecule has 0 aliphatic carbocycles. The highest BCUT2D eigenvalue weighted by Crippen LogP contribution is 2.20. The van der Waals surface area contributed by atoms with Gasteiger partial charge in [0.2, 0.25) is 0 Å². The molecule has 0 unspecified atom stereocenters. The number of carbonyl (C=O) groups excluding carboxylic acids is 3. The molecule has 2 aromatic rings. The summed E-state index contributed by atoms with van der Waals surface area (Å²) in [6.07, 6.45) is -0.531. The molecule has 0 fully saturated rings. The number of carboxylic acids is 1. The van der Waals surface area contributed by atoms with Crippen LogP contribution in [0.5, 0.6) is 0 Å². The fourth-order valence-electron chi connectivity index (χ4n) is 2.99. The van der Waals surface area contributed by atoms with Crippen LogP contribution >= 0.6 is 0 Å². The molecule has 0 radical (unpaired) electrons. The van der Waals surface area contributed by atoms with E-state index in [0.717, 1.165) is 11.1 Å². The van der Waals surface area contributed by atoms with Crippen LogP contribution in [-0.2, 0) is 23.9 Å². The van der Waals surface area contributed by atoms with Crippen LogP contribution in [0.3, 0.4) is 0 Å². The molecule has 0 bridgehead atoms. The molecular formula is C23H25NO7. The summed E-state index contributed by atoms with van der Waals surface area (Å²) in [6.45, 7) is 3.22. The third kappa shape index (κ3) is 6.67. The van der Waals surface area contributed by atoms with Gasteiger partial charge in [0.25, 0.3) is 5.91 Å². The first-order valence-corrected chi connectivity index (χ1v) is 9.88. The maximum Gasteiger partial charge on any atom is 0.327 e. The Hall–Kier alpha value is -3.68. The standard InChI is InChI=1S/C23H25NO7/c1-3-30-19(25)14-18(23(29)31-4-2)20(22(27)28)24-21(26)17-12-10-16(11-13-17)15-8-6-5-7-9-15/h5-13,18,20H,3-4,14H2,1-2H3,(H,24,26)(H,27,28)/t18-,20-/m1/s1. The molecule has 2 rings (SSSR count). The predicted molar refractivity (Wildman–Crippen MR) is 112 cm³/mol. The van der Waals surface area contributed by atoms with Gasteiger partial charge in [-0.1, -0.05) is 42.5 Å². The molecule has 164 valence electrons. The summed E-state index contributed by atoms with van der Waals surface area (Å²) >= 11 is 0. The largest absolute Gasteiger partial charge is 0.480 e. The van der Waals surface area contributed by atoms with Crippen molar-refractivity contribution in [2.24, 2.45) is 5.92 Å². The lowest BCUT2D eigenvalue weighted by Crippen LogP contribution is -2.49. The lowest BCUT2D eigenvalue weighted by molar-refractivity contribution is -0.159. The van der Waals surface area contributed by atoms with E-state index in [1.165, 1.54) is 0 Å². The average Bonchev–Trinajstić information content (AvgIpc) is 2.77. The lowest BCUT2D eigenvalue weighted by Gasteiger charge is -2.23. The highest BCUT2D eigenvalue weighted by atomic mass is 16.5. The quantitative estimate of drug-likeness (QED) is 0.560. The first-order chi connectivity index (χ1) is 14.9. The second kappa shape index (κ2) is 11.5. The van der Waals surface area contributed by atoms with E-state index in [0.29, 0.717) is 0 Å². The Morgan fingerprint density at radius 2 is 1.45 bits per heavy atom. The van der Waals surface area contributed by atoms with Gasteiger partial charge in [0.15, 0.2) is 0 Å². The van der Waals surface area contributed by atoms with Gasteiger partial charge in [-0.05, 0) is 37.1 Å². The zero-order valence-electron chi connectivity index (χ0n) is 17.4. The van der Waals surface area contributed by atoms with Crippen molar-refractivity contribution in [1.82, 2.24) is 5.32 Å². The summed E-state index contributed by atoms with van der Waals surface area (Å²) in [5.74, 6) is -5.23. The number of nitrogens with one attached hydrogen (secondary N) is 1. The van der Waals surface area contributed by atoms with Crippen LogP contribution in [0.4, 0.5) is 0 Å². The molecule has 0 aromatic heterocycles. The maximum atomic E-state index is 12.7. The van der Waals surface area contributed by atoms with E-state index in [-0.39, 0.29) is 18.8 Å². The summed E-state index contributed by atoms with van der Waals surface area (Å²) in [5, 5.41) is 11.9. The fourth-order valence-corrected chi connectivity index (χ4v) is 2.99. The number of hydrogen-bond acceptors (Lipinski definition) is 6. The van der Waals surface area contributed by atoms with E-state index >= 15 is 0 Å². The summed E-state index contributed by atoms with van der Waals surface area (Å²) in [5.41, 5.74) is 2.07. The summed E-state index contributed by atoms with van der Waals surface area (Å²) in [6, 6.07) is 14.5. The smallest absolute Gasteiger partial charge is 0.327 e. The number of amides is 1. The Kier molecular flexibility index (Phi) is 8.75. The number of carboxylic acid groups (broad SMARTS) is 1. The molecule has 0 aliphatic rings. The molecule has 2 aromatic carbocycles. The SMILES string of the molecule is CCOC(=O)C[C@@H](C(=O)OCC)[C@@H](NC(=O)c1ccc(-c2ccccc2)cc1)C(=O)O. The van der Waals surface area contributed by atoms with E-state index in [2.05, 4.69) is 5.32 Å². The van der Waals surface area contributed by atoms with Crippen molar-refractivity contribution in [3.63, 3.8) is 0 Å². The van der Waals surface area contributed by atoms with Crippen LogP contribution in [0.2, 0.25) is 0 Å². The molecule has 0 saturated carbocycles. The van der Waals surface area contributed by atoms with Crippen LogP contribution in [-0.4, -0.2) is 48.2 Å². The van der Waals surface area contributed by atoms with Gasteiger partial charge in [0.1, 0.15) is 6.04 Å². The van der Waals surface area contributed by atoms with Crippen molar-refractivity contribution in [3.05, 3.63) is 60.2 Å². The maximum absolute atomic E-state index is 12.7. The number of benzene rings is 2. The zero-order chi connectivity index (χ0) is 22.8. The van der Waals surface area contributed by atoms with Gasteiger partial charge in [-0.15, -0.1) is 0 Å². The first-order valence-electron chi connectivity index (χ1n) is 9.88. The average molecular weight is 427 g/mol. The summed E-state index contributed by atoms with van der Waals surface area (Å²) in [4.78, 5) is 48.7. The minimum absolute atomic E-state index is 0.000603. The molecule has 2 N–H and O–H groups in total. The third-order valence-corrected chi connectivity index (χ3v) is 4.49. The van der Waals surface area contributed by atoms with Crippen molar-refractivity contribution in [3.8, 4) is 11.1 Å². The predicted octanol–water partition coefficient (Wildman–Crippen LogP) is 2.67. The molecule has 31 heavy (non-hydrogen) atoms. The normalized spacial score (nSPS) is 12.3. The lowest BCUT2D eigenvalue weighted by atomic mass is 9.95. The van der Waals surface area contributed by atoms with Gasteiger partial charge in [0, 0.05) is 5.56 Å². The molecule has 2 atom stereocenters. The van der Waals surface area contributed by atoms with E-state index in [4.69, 9.17) is 9.47 Å². The minimum Gasteiger partial charge on any atom is -0.480 e. The Morgan fingerprint density at radius 1 is 0.871 bits per heavy atom. The molecule has 8 nitrogen and oxygen atoms in total. The minimum atomic E-state index is -1.66. The molecule has 0 saturated heterocycles. The van der Waals surface area contributed by atoms with Gasteiger partial charge < -0.3 is 19.9 Å². The number of esters is 2. The van der Waals surface area contributed by atoms with Crippen molar-refractivity contribution in [1.29, 1.82) is 0 Å². The number of ether oxygens (including phenoxy) is 2. The Balaban J connectivity index is 2.20. The highest BCUT2D eigenvalue weighted by molar-refractivity contribution is 5.98. The van der Waals surface area contributed by atoms with Crippen LogP contribution in [0.15, 0.2) is 54.6 Å². The monoisotopic (exact) mass is 427 g/mol. The van der Waals surface area contributed by atoms with Crippen LogP contribution in [0.25, 0.3) is 11.1 Å². The van der Waals surface area contributed by atoms with Gasteiger partial charge in [-0.3, -0.25) is 14.4 Å². The molecule has 0 aliphatic heterocycles. The molecule has 8 heteroatoms. The first kappa shape index (κ1) is 23.6. The Bertz CT molecular complexity index is 909. The summed E-state index contributed by atoms with van der Waals surface area (Å²) < 4.78 is 9.73. The Labute approximate surface area is 180 Å². The van der Waals surface area contributed by atoms with E-state index in [9.17, 15) is 24.3 Å². The second-order valence-electron chi connectivity index (χ2n) is 6.60. The van der Waals surface area contributed by atoms with Crippen molar-refractivity contribution in [2.45, 2.75) is 26.3 Å². The second-order valence-corrected chi connectivity index (χ2v) is 6.60. The topological polar surface area (TPSA) is 119 Å². The van der Waals surface area contributed by atoms with E-state index < -0.39 is 42.2 Å². The van der Waals surface area contributed by atoms with Crippen molar-refractivity contribution >= 4 is 23.8 Å². The van der Waals surface area contributed by atoms with Crippen molar-refractivity contribution in [2.75, 3.05) is 13.2 Å². The molecular weight excluding hydrogens is 402 g/mol. The Morgan fingerprint density at radius 3 is 2.00 bits per heavy atom. The van der Waals surface area contributed by atoms with Gasteiger partial charge in [-0.2, -0.15) is 0 Å². The van der Waals surface area contributed by atoms with E-state index in [1.807, 2.05) is 30.3 Å². The fraction of sp³-hybridized carbons (Fsp3) is 0.304. The van der Waals surface area contributed by atoms with E-state index in [1.54, 1.807) is 38.1 Å². The summed E-state index contributed by atoms with van der Waals surface area (Å²) in [7, 11) is 0. The third-order valence-electron chi connectivity index (χ3n) is 4.49. The molecule has 0 heterocycles. The van der Waals surface area contributed by atoms with Crippen molar-refractivity contribution < 1.29 is 33.8 Å². The molecule has 1 amide bonds. The van der Waals surface area contributed by atoms with Crippen LogP contribution < -0.4 is 5.32 Å². The molecule has 0 spiro atoms. The van der Waals surface area contributed by atoms with Gasteiger partial charge in [-0.25, -0.2) is 4.79 Å². The number of rotatable bonds is 10. The van der Waals surface area contributed by atoms with Crippen LogP contribution in [0, 0.1) is 5.92 Å². The highest BCUT2D eigenvalue weighted by Gasteiger charge is 2.38. The number of aliphatic carboxylic acids is 1. The van der Waals surface area contributed by atoms with Gasteiger partial charge >= 0.3 is 17.9 Å². The number of carbonyl (C=O) groups is 4.